The summed E-state index contributed by atoms with van der Waals surface area (Å²) in [5.74, 6) is 1.57. The number of aryl methyl sites for hydroxylation is 2. The van der Waals surface area contributed by atoms with Gasteiger partial charge in [0, 0.05) is 30.6 Å². The number of aromatic nitrogens is 2. The van der Waals surface area contributed by atoms with Crippen LogP contribution < -0.4 is 0 Å². The van der Waals surface area contributed by atoms with Crippen LogP contribution in [0.15, 0.2) is 27.9 Å². The fourth-order valence-electron chi connectivity index (χ4n) is 2.44. The van der Waals surface area contributed by atoms with Gasteiger partial charge in [-0.1, -0.05) is 18.5 Å². The zero-order valence-corrected chi connectivity index (χ0v) is 15.7. The molecule has 0 bridgehead atoms. The first kappa shape index (κ1) is 18.5. The van der Waals surface area contributed by atoms with Crippen molar-refractivity contribution in [2.45, 2.75) is 51.3 Å². The molecule has 0 aliphatic heterocycles. The number of carbonyl (C=O) groups is 1. The van der Waals surface area contributed by atoms with Gasteiger partial charge in [-0.05, 0) is 39.3 Å². The topological polar surface area (TPSA) is 59.2 Å². The Hall–Kier alpha value is -1.82. The highest BCUT2D eigenvalue weighted by Gasteiger charge is 2.19. The number of thioether (sulfide) groups is 1. The van der Waals surface area contributed by atoms with Gasteiger partial charge in [-0.25, -0.2) is 4.98 Å². The van der Waals surface area contributed by atoms with Crippen molar-refractivity contribution in [1.82, 2.24) is 15.0 Å². The molecule has 0 atom stereocenters. The van der Waals surface area contributed by atoms with Crippen molar-refractivity contribution in [3.63, 3.8) is 0 Å². The lowest BCUT2D eigenvalue weighted by Crippen LogP contribution is -2.32. The highest BCUT2D eigenvalue weighted by atomic mass is 32.2. The summed E-state index contributed by atoms with van der Waals surface area (Å²) < 4.78 is 5.20. The molecule has 0 fully saturated rings. The number of hydrogen-bond donors (Lipinski definition) is 0. The van der Waals surface area contributed by atoms with Crippen molar-refractivity contribution in [1.29, 1.82) is 0 Å². The summed E-state index contributed by atoms with van der Waals surface area (Å²) in [5.41, 5.74) is 2.64. The van der Waals surface area contributed by atoms with Crippen LogP contribution in [0.25, 0.3) is 0 Å². The number of unbranched alkanes of at least 4 members (excludes halogenated alkanes) is 1. The molecule has 0 aliphatic rings. The number of rotatable bonds is 8. The van der Waals surface area contributed by atoms with Gasteiger partial charge in [0.2, 0.25) is 0 Å². The van der Waals surface area contributed by atoms with E-state index in [4.69, 9.17) is 4.52 Å². The summed E-state index contributed by atoms with van der Waals surface area (Å²) in [4.78, 5) is 19.1. The molecular weight excluding hydrogens is 322 g/mol. The average Bonchev–Trinajstić information content (AvgIpc) is 2.92. The minimum atomic E-state index is 0.0558. The molecule has 2 aromatic heterocycles. The Bertz CT molecular complexity index is 665. The van der Waals surface area contributed by atoms with Crippen LogP contribution in [-0.2, 0) is 5.75 Å². The third-order valence-corrected chi connectivity index (χ3v) is 5.02. The monoisotopic (exact) mass is 347 g/mol. The van der Waals surface area contributed by atoms with Crippen LogP contribution >= 0.6 is 11.8 Å². The molecule has 2 aromatic rings. The van der Waals surface area contributed by atoms with Crippen molar-refractivity contribution in [3.8, 4) is 0 Å². The minimum absolute atomic E-state index is 0.0558. The maximum absolute atomic E-state index is 12.8. The summed E-state index contributed by atoms with van der Waals surface area (Å²) in [7, 11) is 0. The smallest absolute Gasteiger partial charge is 0.256 e. The predicted molar refractivity (Wildman–Crippen MR) is 96.3 cm³/mol. The van der Waals surface area contributed by atoms with Crippen LogP contribution in [-0.4, -0.2) is 34.0 Å². The zero-order valence-electron chi connectivity index (χ0n) is 14.8. The molecule has 0 saturated carbocycles. The van der Waals surface area contributed by atoms with Gasteiger partial charge >= 0.3 is 0 Å². The predicted octanol–water partition coefficient (Wildman–Crippen LogP) is 4.24. The summed E-state index contributed by atoms with van der Waals surface area (Å²) in [6.45, 7) is 9.48. The molecule has 0 radical (unpaired) electrons. The Morgan fingerprint density at radius 2 is 2.12 bits per heavy atom. The lowest BCUT2D eigenvalue weighted by Gasteiger charge is -2.21. The number of nitrogens with zero attached hydrogens (tertiary/aromatic N) is 3. The fourth-order valence-corrected chi connectivity index (χ4v) is 3.58. The molecule has 0 N–H and O–H groups in total. The molecule has 6 heteroatoms. The molecule has 1 amide bonds. The molecule has 0 saturated heterocycles. The van der Waals surface area contributed by atoms with E-state index in [1.165, 1.54) is 0 Å². The Balaban J connectivity index is 2.16. The summed E-state index contributed by atoms with van der Waals surface area (Å²) >= 11 is 1.55. The quantitative estimate of drug-likeness (QED) is 0.668. The second-order valence-electron chi connectivity index (χ2n) is 5.69. The van der Waals surface area contributed by atoms with Gasteiger partial charge < -0.3 is 9.42 Å². The molecule has 130 valence electrons. The lowest BCUT2D eigenvalue weighted by atomic mass is 10.2. The van der Waals surface area contributed by atoms with Gasteiger partial charge in [-0.2, -0.15) is 0 Å². The van der Waals surface area contributed by atoms with Crippen LogP contribution in [0.3, 0.4) is 0 Å². The molecule has 0 aliphatic carbocycles. The van der Waals surface area contributed by atoms with E-state index in [1.54, 1.807) is 18.0 Å². The Morgan fingerprint density at radius 1 is 1.33 bits per heavy atom. The number of amides is 1. The third-order valence-electron chi connectivity index (χ3n) is 3.99. The molecule has 0 spiro atoms. The molecule has 2 heterocycles. The third kappa shape index (κ3) is 4.38. The number of hydrogen-bond acceptors (Lipinski definition) is 5. The van der Waals surface area contributed by atoms with Gasteiger partial charge in [-0.15, -0.1) is 11.8 Å². The first-order valence-electron chi connectivity index (χ1n) is 8.37. The average molecular weight is 347 g/mol. The van der Waals surface area contributed by atoms with E-state index in [1.807, 2.05) is 37.8 Å². The summed E-state index contributed by atoms with van der Waals surface area (Å²) in [5, 5.41) is 4.74. The first-order valence-corrected chi connectivity index (χ1v) is 9.35. The van der Waals surface area contributed by atoms with Crippen LogP contribution in [0, 0.1) is 13.8 Å². The SMILES string of the molecule is CCCCN(CC)C(=O)c1cccnc1SCc1c(C)noc1C. The Kier molecular flexibility index (Phi) is 6.85. The van der Waals surface area contributed by atoms with E-state index >= 15 is 0 Å². The summed E-state index contributed by atoms with van der Waals surface area (Å²) in [6.07, 6.45) is 3.82. The van der Waals surface area contributed by atoms with Crippen molar-refractivity contribution in [3.05, 3.63) is 40.9 Å². The molecule has 0 unspecified atom stereocenters. The van der Waals surface area contributed by atoms with Crippen LogP contribution in [0.1, 0.15) is 54.1 Å². The maximum atomic E-state index is 12.8. The highest BCUT2D eigenvalue weighted by Crippen LogP contribution is 2.27. The summed E-state index contributed by atoms with van der Waals surface area (Å²) in [6, 6.07) is 3.68. The van der Waals surface area contributed by atoms with Gasteiger partial charge in [-0.3, -0.25) is 4.79 Å². The molecule has 24 heavy (non-hydrogen) atoms. The normalized spacial score (nSPS) is 10.8. The standard InChI is InChI=1S/C18H25N3O2S/c1-5-7-11-21(6-2)18(22)15-9-8-10-19-17(15)24-12-16-13(3)20-23-14(16)4/h8-10H,5-7,11-12H2,1-4H3. The molecular formula is C18H25N3O2S. The first-order chi connectivity index (χ1) is 11.6. The second kappa shape index (κ2) is 8.87. The Labute approximate surface area is 147 Å². The van der Waals surface area contributed by atoms with Crippen molar-refractivity contribution in [2.75, 3.05) is 13.1 Å². The van der Waals surface area contributed by atoms with Crippen molar-refractivity contribution < 1.29 is 9.32 Å². The van der Waals surface area contributed by atoms with E-state index < -0.39 is 0 Å². The minimum Gasteiger partial charge on any atom is -0.361 e. The van der Waals surface area contributed by atoms with Gasteiger partial charge in [0.25, 0.3) is 5.91 Å². The second-order valence-corrected chi connectivity index (χ2v) is 6.65. The largest absolute Gasteiger partial charge is 0.361 e. The van der Waals surface area contributed by atoms with Crippen LogP contribution in [0.5, 0.6) is 0 Å². The van der Waals surface area contributed by atoms with E-state index in [0.717, 1.165) is 41.4 Å². The lowest BCUT2D eigenvalue weighted by molar-refractivity contribution is 0.0758. The van der Waals surface area contributed by atoms with Crippen LogP contribution in [0.4, 0.5) is 0 Å². The van der Waals surface area contributed by atoms with Crippen molar-refractivity contribution >= 4 is 17.7 Å². The van der Waals surface area contributed by atoms with Crippen molar-refractivity contribution in [2.24, 2.45) is 0 Å². The van der Waals surface area contributed by atoms with Gasteiger partial charge in [0.15, 0.2) is 0 Å². The van der Waals surface area contributed by atoms with Gasteiger partial charge in [0.05, 0.1) is 11.3 Å². The molecule has 0 aromatic carbocycles. The van der Waals surface area contributed by atoms with E-state index in [2.05, 4.69) is 17.1 Å². The van der Waals surface area contributed by atoms with E-state index in [-0.39, 0.29) is 5.91 Å². The highest BCUT2D eigenvalue weighted by molar-refractivity contribution is 7.98. The van der Waals surface area contributed by atoms with E-state index in [9.17, 15) is 4.79 Å². The molecule has 2 rings (SSSR count). The molecule has 5 nitrogen and oxygen atoms in total. The number of carbonyl (C=O) groups excluding carboxylic acids is 1. The maximum Gasteiger partial charge on any atom is 0.256 e. The Morgan fingerprint density at radius 3 is 2.75 bits per heavy atom. The number of pyridine rings is 1. The zero-order chi connectivity index (χ0) is 17.5. The van der Waals surface area contributed by atoms with E-state index in [0.29, 0.717) is 17.9 Å². The fraction of sp³-hybridized carbons (Fsp3) is 0.500. The van der Waals surface area contributed by atoms with Crippen LogP contribution in [0.2, 0.25) is 0 Å². The van der Waals surface area contributed by atoms with Gasteiger partial charge in [0.1, 0.15) is 10.8 Å².